The van der Waals surface area contributed by atoms with Gasteiger partial charge < -0.3 is 30.5 Å². The summed E-state index contributed by atoms with van der Waals surface area (Å²) in [6.45, 7) is 4.92. The van der Waals surface area contributed by atoms with Crippen molar-refractivity contribution in [2.24, 2.45) is 0 Å². The average molecular weight is 546 g/mol. The molecule has 1 amide bonds. The van der Waals surface area contributed by atoms with Crippen LogP contribution in [0.5, 0.6) is 5.75 Å². The number of alkyl carbamates (subject to hydrolysis) is 1. The highest BCUT2D eigenvalue weighted by atomic mass is 35.5. The van der Waals surface area contributed by atoms with Crippen molar-refractivity contribution in [1.29, 1.82) is 0 Å². The van der Waals surface area contributed by atoms with Gasteiger partial charge >= 0.3 is 18.2 Å². The predicted octanol–water partition coefficient (Wildman–Crippen LogP) is 5.00. The summed E-state index contributed by atoms with van der Waals surface area (Å²) in [5.41, 5.74) is -1.24. The lowest BCUT2D eigenvalue weighted by atomic mass is 10.0. The van der Waals surface area contributed by atoms with Gasteiger partial charge in [0, 0.05) is 23.7 Å². The topological polar surface area (TPSA) is 135 Å². The van der Waals surface area contributed by atoms with Crippen molar-refractivity contribution in [2.75, 3.05) is 17.7 Å². The second-order valence-corrected chi connectivity index (χ2v) is 9.79. The highest BCUT2D eigenvalue weighted by Gasteiger charge is 2.37. The van der Waals surface area contributed by atoms with Gasteiger partial charge in [-0.05, 0) is 51.3 Å². The molecule has 1 saturated carbocycles. The van der Waals surface area contributed by atoms with Crippen LogP contribution < -0.4 is 20.7 Å². The summed E-state index contributed by atoms with van der Waals surface area (Å²) in [7, 11) is 1.35. The van der Waals surface area contributed by atoms with Gasteiger partial charge in [-0.15, -0.1) is 0 Å². The van der Waals surface area contributed by atoms with Gasteiger partial charge in [-0.1, -0.05) is 11.6 Å². The summed E-state index contributed by atoms with van der Waals surface area (Å²) in [5, 5.41) is 17.5. The van der Waals surface area contributed by atoms with E-state index in [1.54, 1.807) is 20.8 Å². The van der Waals surface area contributed by atoms with E-state index in [0.717, 1.165) is 12.8 Å². The molecule has 0 radical (unpaired) electrons. The molecule has 202 valence electrons. The number of ether oxygens (including phenoxy) is 2. The molecule has 1 aromatic heterocycles. The van der Waals surface area contributed by atoms with Crippen molar-refractivity contribution < 1.29 is 37.3 Å². The third-order valence-electron chi connectivity index (χ3n) is 5.04. The van der Waals surface area contributed by atoms with Crippen LogP contribution in [0.1, 0.15) is 44.7 Å². The first-order valence-electron chi connectivity index (χ1n) is 11.2. The van der Waals surface area contributed by atoms with Crippen LogP contribution in [0, 0.1) is 0 Å². The number of carboxylic acid groups (broad SMARTS) is 1. The Hall–Kier alpha value is -3.48. The third-order valence-corrected chi connectivity index (χ3v) is 5.39. The first-order chi connectivity index (χ1) is 17.2. The van der Waals surface area contributed by atoms with Crippen LogP contribution >= 0.6 is 11.6 Å². The maximum Gasteiger partial charge on any atom is 0.421 e. The molecule has 14 heteroatoms. The number of hydrogen-bond donors (Lipinski definition) is 4. The predicted molar refractivity (Wildman–Crippen MR) is 129 cm³/mol. The number of carbonyl (C=O) groups is 2. The van der Waals surface area contributed by atoms with Crippen LogP contribution in [0.15, 0.2) is 18.3 Å². The molecule has 0 spiro atoms. The molecule has 1 aliphatic carbocycles. The standard InChI is InChI=1S/C23H27ClF3N5O5/c1-22(2,3)37-21(35)31-16(19(33)34)7-11-8-17(36-4)15(9-14(11)24)30-20-28-10-13(23(25,26)27)18(32-20)29-12-5-6-12/h8-10,12,16H,5-7H2,1-4H3,(H,31,35)(H,33,34)(H2,28,29,30,32)/t16-/m0/s1. The average Bonchev–Trinajstić information content (AvgIpc) is 3.56. The monoisotopic (exact) mass is 545 g/mol. The molecule has 0 bridgehead atoms. The van der Waals surface area contributed by atoms with Gasteiger partial charge in [0.15, 0.2) is 0 Å². The molecule has 0 saturated heterocycles. The van der Waals surface area contributed by atoms with Gasteiger partial charge in [0.05, 0.1) is 12.8 Å². The van der Waals surface area contributed by atoms with E-state index in [2.05, 4.69) is 25.9 Å². The van der Waals surface area contributed by atoms with Gasteiger partial charge in [0.1, 0.15) is 28.8 Å². The molecule has 4 N–H and O–H groups in total. The van der Waals surface area contributed by atoms with Crippen LogP contribution in [0.2, 0.25) is 5.02 Å². The van der Waals surface area contributed by atoms with E-state index < -0.39 is 35.4 Å². The number of alkyl halides is 3. The molecule has 1 aromatic carbocycles. The molecule has 0 aliphatic heterocycles. The fraction of sp³-hybridized carbons (Fsp3) is 0.478. The lowest BCUT2D eigenvalue weighted by Crippen LogP contribution is -2.44. The number of anilines is 3. The van der Waals surface area contributed by atoms with E-state index in [-0.39, 0.29) is 40.7 Å². The van der Waals surface area contributed by atoms with Crippen molar-refractivity contribution in [2.45, 2.75) is 63.9 Å². The fourth-order valence-electron chi connectivity index (χ4n) is 3.19. The van der Waals surface area contributed by atoms with Crippen LogP contribution in [-0.2, 0) is 22.1 Å². The van der Waals surface area contributed by atoms with E-state index in [1.165, 1.54) is 19.2 Å². The van der Waals surface area contributed by atoms with E-state index in [4.69, 9.17) is 21.1 Å². The first kappa shape index (κ1) is 28.1. The van der Waals surface area contributed by atoms with Gasteiger partial charge in [-0.3, -0.25) is 0 Å². The molecular weight excluding hydrogens is 519 g/mol. The number of halogens is 4. The number of aromatic nitrogens is 2. The Bertz CT molecular complexity index is 1170. The molecule has 37 heavy (non-hydrogen) atoms. The van der Waals surface area contributed by atoms with Gasteiger partial charge in [0.2, 0.25) is 5.95 Å². The Morgan fingerprint density at radius 2 is 1.92 bits per heavy atom. The van der Waals surface area contributed by atoms with Gasteiger partial charge in [-0.25, -0.2) is 14.6 Å². The zero-order valence-electron chi connectivity index (χ0n) is 20.5. The Kier molecular flexibility index (Phi) is 8.25. The van der Waals surface area contributed by atoms with Crippen molar-refractivity contribution >= 4 is 41.1 Å². The highest BCUT2D eigenvalue weighted by molar-refractivity contribution is 6.31. The maximum atomic E-state index is 13.4. The van der Waals surface area contributed by atoms with E-state index in [9.17, 15) is 27.9 Å². The summed E-state index contributed by atoms with van der Waals surface area (Å²) in [6, 6.07) is 1.41. The second kappa shape index (κ2) is 10.9. The molecule has 3 rings (SSSR count). The molecule has 1 aliphatic rings. The smallest absolute Gasteiger partial charge is 0.421 e. The molecule has 1 atom stereocenters. The maximum absolute atomic E-state index is 13.4. The molecule has 1 fully saturated rings. The largest absolute Gasteiger partial charge is 0.495 e. The second-order valence-electron chi connectivity index (χ2n) is 9.38. The lowest BCUT2D eigenvalue weighted by Gasteiger charge is -2.22. The number of carboxylic acids is 1. The Morgan fingerprint density at radius 1 is 1.24 bits per heavy atom. The number of nitrogens with zero attached hydrogens (tertiary/aromatic N) is 2. The minimum absolute atomic E-state index is 0.0800. The summed E-state index contributed by atoms with van der Waals surface area (Å²) < 4.78 is 50.5. The minimum Gasteiger partial charge on any atom is -0.495 e. The summed E-state index contributed by atoms with van der Waals surface area (Å²) in [5.74, 6) is -1.59. The number of benzene rings is 1. The normalized spacial score (nSPS) is 14.5. The van der Waals surface area contributed by atoms with E-state index >= 15 is 0 Å². The number of methoxy groups -OCH3 is 1. The van der Waals surface area contributed by atoms with Crippen molar-refractivity contribution in [3.05, 3.63) is 34.5 Å². The highest BCUT2D eigenvalue weighted by Crippen LogP contribution is 2.38. The molecule has 0 unspecified atom stereocenters. The first-order valence-corrected chi connectivity index (χ1v) is 11.6. The number of aliphatic carboxylic acids is 1. The van der Waals surface area contributed by atoms with Crippen LogP contribution in [0.25, 0.3) is 0 Å². The van der Waals surface area contributed by atoms with Gasteiger partial charge in [-0.2, -0.15) is 18.2 Å². The Balaban J connectivity index is 1.83. The van der Waals surface area contributed by atoms with Crippen LogP contribution in [0.4, 0.5) is 35.4 Å². The molecule has 2 aromatic rings. The van der Waals surface area contributed by atoms with Crippen molar-refractivity contribution in [3.63, 3.8) is 0 Å². The number of hydrogen-bond acceptors (Lipinski definition) is 8. The van der Waals surface area contributed by atoms with Crippen molar-refractivity contribution in [3.8, 4) is 5.75 Å². The third kappa shape index (κ3) is 8.00. The number of amides is 1. The van der Waals surface area contributed by atoms with E-state index in [1.807, 2.05) is 0 Å². The quantitative estimate of drug-likeness (QED) is 0.343. The van der Waals surface area contributed by atoms with Gasteiger partial charge in [0.25, 0.3) is 0 Å². The Morgan fingerprint density at radius 3 is 2.46 bits per heavy atom. The summed E-state index contributed by atoms with van der Waals surface area (Å²) >= 11 is 6.38. The van der Waals surface area contributed by atoms with Crippen molar-refractivity contribution in [1.82, 2.24) is 15.3 Å². The zero-order chi connectivity index (χ0) is 27.5. The summed E-state index contributed by atoms with van der Waals surface area (Å²) in [6.07, 6.45) is -3.56. The SMILES string of the molecule is COc1cc(C[C@H](NC(=O)OC(C)(C)C)C(=O)O)c(Cl)cc1Nc1ncc(C(F)(F)F)c(NC2CC2)n1. The molecule has 1 heterocycles. The zero-order valence-corrected chi connectivity index (χ0v) is 21.3. The van der Waals surface area contributed by atoms with Crippen LogP contribution in [0.3, 0.4) is 0 Å². The molecular formula is C23H27ClF3N5O5. The lowest BCUT2D eigenvalue weighted by molar-refractivity contribution is -0.139. The van der Waals surface area contributed by atoms with Crippen LogP contribution in [-0.4, -0.2) is 51.9 Å². The number of nitrogens with one attached hydrogen (secondary N) is 3. The number of rotatable bonds is 9. The Labute approximate surface area is 215 Å². The minimum atomic E-state index is -4.63. The number of carbonyl (C=O) groups excluding carboxylic acids is 1. The molecule has 10 nitrogen and oxygen atoms in total. The fourth-order valence-corrected chi connectivity index (χ4v) is 3.43. The van der Waals surface area contributed by atoms with E-state index in [0.29, 0.717) is 11.8 Å². The summed E-state index contributed by atoms with van der Waals surface area (Å²) in [4.78, 5) is 31.5.